The van der Waals surface area contributed by atoms with Gasteiger partial charge in [-0.2, -0.15) is 5.10 Å². The van der Waals surface area contributed by atoms with Crippen LogP contribution in [0.2, 0.25) is 0 Å². The molecule has 0 spiro atoms. The first-order chi connectivity index (χ1) is 6.71. The molecule has 1 aromatic rings. The van der Waals surface area contributed by atoms with Gasteiger partial charge in [0.25, 0.3) is 0 Å². The largest absolute Gasteiger partial charge is 0.312 e. The SMILES string of the molecule is CC(NCCn1cccn1)C1(C)CC1. The third kappa shape index (κ3) is 2.15. The molecule has 0 bridgehead atoms. The molecule has 0 aromatic carbocycles. The van der Waals surface area contributed by atoms with Crippen LogP contribution in [-0.4, -0.2) is 22.4 Å². The first-order valence-electron chi connectivity index (χ1n) is 5.41. The molecule has 1 atom stereocenters. The van der Waals surface area contributed by atoms with Gasteiger partial charge in [0.2, 0.25) is 0 Å². The molecule has 1 aliphatic rings. The summed E-state index contributed by atoms with van der Waals surface area (Å²) in [6.45, 7) is 6.63. The Hall–Kier alpha value is -0.830. The summed E-state index contributed by atoms with van der Waals surface area (Å²) in [5, 5.41) is 7.73. The van der Waals surface area contributed by atoms with Crippen LogP contribution in [0, 0.1) is 5.41 Å². The predicted molar refractivity (Wildman–Crippen MR) is 57.0 cm³/mol. The standard InChI is InChI=1S/C11H19N3/c1-10(11(2)4-5-11)12-7-9-14-8-3-6-13-14/h3,6,8,10,12H,4-5,7,9H2,1-2H3. The minimum atomic E-state index is 0.574. The van der Waals surface area contributed by atoms with E-state index in [0.717, 1.165) is 13.1 Å². The van der Waals surface area contributed by atoms with Crippen molar-refractivity contribution in [3.8, 4) is 0 Å². The van der Waals surface area contributed by atoms with Crippen LogP contribution in [0.5, 0.6) is 0 Å². The van der Waals surface area contributed by atoms with E-state index in [9.17, 15) is 0 Å². The molecule has 0 saturated heterocycles. The summed E-state index contributed by atoms with van der Waals surface area (Å²) in [7, 11) is 0. The predicted octanol–water partition coefficient (Wildman–Crippen LogP) is 1.66. The average molecular weight is 193 g/mol. The minimum Gasteiger partial charge on any atom is -0.312 e. The zero-order valence-electron chi connectivity index (χ0n) is 9.03. The highest BCUT2D eigenvalue weighted by Gasteiger charge is 2.41. The third-order valence-corrected chi connectivity index (χ3v) is 3.43. The van der Waals surface area contributed by atoms with Gasteiger partial charge in [-0.05, 0) is 31.2 Å². The van der Waals surface area contributed by atoms with Crippen LogP contribution >= 0.6 is 0 Å². The summed E-state index contributed by atoms with van der Waals surface area (Å²) in [4.78, 5) is 0. The van der Waals surface area contributed by atoms with Gasteiger partial charge in [0.05, 0.1) is 6.54 Å². The van der Waals surface area contributed by atoms with Gasteiger partial charge >= 0.3 is 0 Å². The van der Waals surface area contributed by atoms with E-state index in [1.54, 1.807) is 0 Å². The molecule has 1 fully saturated rings. The van der Waals surface area contributed by atoms with Gasteiger partial charge in [0.15, 0.2) is 0 Å². The van der Waals surface area contributed by atoms with Crippen LogP contribution in [0.3, 0.4) is 0 Å². The topological polar surface area (TPSA) is 29.9 Å². The fraction of sp³-hybridized carbons (Fsp3) is 0.727. The zero-order chi connectivity index (χ0) is 10.0. The van der Waals surface area contributed by atoms with E-state index in [4.69, 9.17) is 0 Å². The van der Waals surface area contributed by atoms with E-state index in [1.165, 1.54) is 12.8 Å². The Morgan fingerprint density at radius 1 is 1.57 bits per heavy atom. The van der Waals surface area contributed by atoms with Crippen molar-refractivity contribution in [1.82, 2.24) is 15.1 Å². The molecule has 0 aliphatic heterocycles. The van der Waals surface area contributed by atoms with Crippen molar-refractivity contribution < 1.29 is 0 Å². The van der Waals surface area contributed by atoms with Crippen molar-refractivity contribution in [1.29, 1.82) is 0 Å². The van der Waals surface area contributed by atoms with Crippen LogP contribution in [-0.2, 0) is 6.54 Å². The molecule has 0 amide bonds. The van der Waals surface area contributed by atoms with Gasteiger partial charge < -0.3 is 5.32 Å². The number of rotatable bonds is 5. The summed E-state index contributed by atoms with van der Waals surface area (Å²) >= 11 is 0. The highest BCUT2D eigenvalue weighted by Crippen LogP contribution is 2.47. The molecule has 1 unspecified atom stereocenters. The van der Waals surface area contributed by atoms with Gasteiger partial charge in [-0.1, -0.05) is 6.92 Å². The van der Waals surface area contributed by atoms with E-state index < -0.39 is 0 Å². The van der Waals surface area contributed by atoms with Crippen LogP contribution in [0.1, 0.15) is 26.7 Å². The summed E-state index contributed by atoms with van der Waals surface area (Å²) in [5.74, 6) is 0. The fourth-order valence-electron chi connectivity index (χ4n) is 1.70. The van der Waals surface area contributed by atoms with Gasteiger partial charge in [-0.15, -0.1) is 0 Å². The number of nitrogens with one attached hydrogen (secondary N) is 1. The van der Waals surface area contributed by atoms with Crippen molar-refractivity contribution in [3.63, 3.8) is 0 Å². The number of nitrogens with zero attached hydrogens (tertiary/aromatic N) is 2. The maximum Gasteiger partial charge on any atom is 0.0534 e. The Morgan fingerprint density at radius 3 is 2.93 bits per heavy atom. The Balaban J connectivity index is 1.68. The molecule has 3 heteroatoms. The molecule has 1 N–H and O–H groups in total. The Labute approximate surface area is 85.5 Å². The Morgan fingerprint density at radius 2 is 2.36 bits per heavy atom. The number of hydrogen-bond acceptors (Lipinski definition) is 2. The van der Waals surface area contributed by atoms with Crippen LogP contribution in [0.15, 0.2) is 18.5 Å². The highest BCUT2D eigenvalue weighted by atomic mass is 15.3. The number of hydrogen-bond donors (Lipinski definition) is 1. The highest BCUT2D eigenvalue weighted by molar-refractivity contribution is 4.96. The molecule has 1 aromatic heterocycles. The van der Waals surface area contributed by atoms with E-state index in [0.29, 0.717) is 11.5 Å². The lowest BCUT2D eigenvalue weighted by Gasteiger charge is -2.20. The van der Waals surface area contributed by atoms with Crippen LogP contribution < -0.4 is 5.32 Å². The molecular weight excluding hydrogens is 174 g/mol. The lowest BCUT2D eigenvalue weighted by Crippen LogP contribution is -2.35. The molecule has 1 heterocycles. The summed E-state index contributed by atoms with van der Waals surface area (Å²) in [6, 6.07) is 2.60. The van der Waals surface area contributed by atoms with Gasteiger partial charge in [-0.25, -0.2) is 0 Å². The van der Waals surface area contributed by atoms with Crippen LogP contribution in [0.25, 0.3) is 0 Å². The summed E-state index contributed by atoms with van der Waals surface area (Å²) in [5.41, 5.74) is 0.574. The lowest BCUT2D eigenvalue weighted by molar-refractivity contribution is 0.370. The van der Waals surface area contributed by atoms with Crippen molar-refractivity contribution in [3.05, 3.63) is 18.5 Å². The average Bonchev–Trinajstić information content (AvgIpc) is 2.73. The summed E-state index contributed by atoms with van der Waals surface area (Å²) in [6.07, 6.45) is 6.59. The van der Waals surface area contributed by atoms with Gasteiger partial charge in [-0.3, -0.25) is 4.68 Å². The normalized spacial score (nSPS) is 20.7. The van der Waals surface area contributed by atoms with E-state index in [1.807, 2.05) is 23.1 Å². The molecule has 78 valence electrons. The maximum atomic E-state index is 4.17. The van der Waals surface area contributed by atoms with Crippen molar-refractivity contribution in [2.24, 2.45) is 5.41 Å². The second kappa shape index (κ2) is 3.73. The Bertz CT molecular complexity index is 275. The Kier molecular flexibility index (Phi) is 2.59. The second-order valence-electron chi connectivity index (χ2n) is 4.60. The minimum absolute atomic E-state index is 0.574. The molecular formula is C11H19N3. The fourth-order valence-corrected chi connectivity index (χ4v) is 1.70. The molecule has 1 aliphatic carbocycles. The zero-order valence-corrected chi connectivity index (χ0v) is 9.03. The van der Waals surface area contributed by atoms with Gasteiger partial charge in [0.1, 0.15) is 0 Å². The maximum absolute atomic E-state index is 4.17. The third-order valence-electron chi connectivity index (χ3n) is 3.43. The van der Waals surface area contributed by atoms with E-state index >= 15 is 0 Å². The van der Waals surface area contributed by atoms with Crippen molar-refractivity contribution in [2.45, 2.75) is 39.3 Å². The first-order valence-corrected chi connectivity index (χ1v) is 5.41. The number of aromatic nitrogens is 2. The first kappa shape index (κ1) is 9.71. The van der Waals surface area contributed by atoms with E-state index in [2.05, 4.69) is 24.3 Å². The summed E-state index contributed by atoms with van der Waals surface area (Å²) < 4.78 is 1.97. The van der Waals surface area contributed by atoms with E-state index in [-0.39, 0.29) is 0 Å². The van der Waals surface area contributed by atoms with Gasteiger partial charge in [0, 0.05) is 25.0 Å². The molecule has 2 rings (SSSR count). The van der Waals surface area contributed by atoms with Crippen LogP contribution in [0.4, 0.5) is 0 Å². The molecule has 1 saturated carbocycles. The van der Waals surface area contributed by atoms with Crippen molar-refractivity contribution >= 4 is 0 Å². The lowest BCUT2D eigenvalue weighted by atomic mass is 10.0. The molecule has 14 heavy (non-hydrogen) atoms. The molecule has 0 radical (unpaired) electrons. The van der Waals surface area contributed by atoms with Crippen molar-refractivity contribution in [2.75, 3.05) is 6.54 Å². The quantitative estimate of drug-likeness (QED) is 0.770. The monoisotopic (exact) mass is 193 g/mol. The second-order valence-corrected chi connectivity index (χ2v) is 4.60. The smallest absolute Gasteiger partial charge is 0.0534 e. The molecule has 3 nitrogen and oxygen atoms in total.